The SMILES string of the molecule is C[Si](C)(C)OCCCC1=[C]([Zr+2])CC=C1.[Cl-].[Cl-]. The number of hydrogen-bond donors (Lipinski definition) is 0. The van der Waals surface area contributed by atoms with Gasteiger partial charge in [-0.25, -0.2) is 0 Å². The summed E-state index contributed by atoms with van der Waals surface area (Å²) >= 11 is 1.58. The van der Waals surface area contributed by atoms with Crippen molar-refractivity contribution in [2.45, 2.75) is 38.9 Å². The van der Waals surface area contributed by atoms with Gasteiger partial charge in [-0.3, -0.25) is 0 Å². The minimum absolute atomic E-state index is 0. The number of halogens is 2. The van der Waals surface area contributed by atoms with Crippen LogP contribution in [0.15, 0.2) is 21.0 Å². The minimum atomic E-state index is -1.28. The molecule has 5 heteroatoms. The largest absolute Gasteiger partial charge is 1.00 e. The summed E-state index contributed by atoms with van der Waals surface area (Å²) in [7, 11) is -1.28. The van der Waals surface area contributed by atoms with E-state index >= 15 is 0 Å². The maximum absolute atomic E-state index is 5.82. The average molecular weight is 357 g/mol. The summed E-state index contributed by atoms with van der Waals surface area (Å²) in [5.74, 6) is 0. The van der Waals surface area contributed by atoms with E-state index in [9.17, 15) is 0 Å². The van der Waals surface area contributed by atoms with Crippen molar-refractivity contribution >= 4 is 8.32 Å². The molecule has 1 rings (SSSR count). The average Bonchev–Trinajstić information content (AvgIpc) is 2.44. The Morgan fingerprint density at radius 3 is 2.38 bits per heavy atom. The molecule has 0 radical (unpaired) electrons. The van der Waals surface area contributed by atoms with E-state index in [0.717, 1.165) is 6.61 Å². The van der Waals surface area contributed by atoms with E-state index in [2.05, 4.69) is 31.8 Å². The van der Waals surface area contributed by atoms with Crippen LogP contribution in [0, 0.1) is 0 Å². The molecule has 1 nitrogen and oxygen atoms in total. The quantitative estimate of drug-likeness (QED) is 0.387. The number of hydrogen-bond acceptors (Lipinski definition) is 1. The molecule has 0 aromatic heterocycles. The molecule has 0 bridgehead atoms. The molecule has 0 aliphatic heterocycles. The molecule has 91 valence electrons. The van der Waals surface area contributed by atoms with E-state index in [0.29, 0.717) is 0 Å². The molecule has 0 N–H and O–H groups in total. The second kappa shape index (κ2) is 9.10. The van der Waals surface area contributed by atoms with Crippen LogP contribution in [-0.4, -0.2) is 14.9 Å². The van der Waals surface area contributed by atoms with Gasteiger partial charge >= 0.3 is 104 Å². The molecule has 0 fully saturated rings. The molecule has 16 heavy (non-hydrogen) atoms. The van der Waals surface area contributed by atoms with Gasteiger partial charge in [0.15, 0.2) is 0 Å². The van der Waals surface area contributed by atoms with Gasteiger partial charge in [0.2, 0.25) is 0 Å². The first-order valence-electron chi connectivity index (χ1n) is 5.23. The van der Waals surface area contributed by atoms with Crippen LogP contribution in [0.2, 0.25) is 19.6 Å². The first kappa shape index (κ1) is 19.5. The molecule has 0 unspecified atom stereocenters. The summed E-state index contributed by atoms with van der Waals surface area (Å²) in [5, 5.41) is 0. The fourth-order valence-electron chi connectivity index (χ4n) is 1.43. The zero-order chi connectivity index (χ0) is 10.6. The van der Waals surface area contributed by atoms with Crippen LogP contribution in [-0.2, 0) is 29.1 Å². The monoisotopic (exact) mass is 355 g/mol. The second-order valence-electron chi connectivity index (χ2n) is 4.67. The molecular formula is C11H19Cl2OSiZr. The van der Waals surface area contributed by atoms with Crippen LogP contribution >= 0.6 is 0 Å². The van der Waals surface area contributed by atoms with Crippen LogP contribution in [0.1, 0.15) is 19.3 Å². The number of rotatable bonds is 5. The molecule has 0 spiro atoms. The van der Waals surface area contributed by atoms with Gasteiger partial charge in [-0.2, -0.15) is 0 Å². The maximum Gasteiger partial charge on any atom is -1.00 e. The summed E-state index contributed by atoms with van der Waals surface area (Å²) in [6.45, 7) is 7.68. The molecule has 1 aliphatic carbocycles. The zero-order valence-corrected chi connectivity index (χ0v) is 15.1. The van der Waals surface area contributed by atoms with Crippen molar-refractivity contribution in [2.75, 3.05) is 6.61 Å². The van der Waals surface area contributed by atoms with Gasteiger partial charge < -0.3 is 24.8 Å². The Morgan fingerprint density at radius 2 is 1.94 bits per heavy atom. The summed E-state index contributed by atoms with van der Waals surface area (Å²) in [6.07, 6.45) is 8.16. The van der Waals surface area contributed by atoms with Gasteiger partial charge in [-0.15, -0.1) is 0 Å². The third-order valence-electron chi connectivity index (χ3n) is 2.15. The minimum Gasteiger partial charge on any atom is -1.00 e. The molecule has 1 aliphatic rings. The molecule has 0 aromatic carbocycles. The fraction of sp³-hybridized carbons (Fsp3) is 0.636. The maximum atomic E-state index is 5.82. The summed E-state index contributed by atoms with van der Waals surface area (Å²) in [4.78, 5) is 0. The second-order valence-corrected chi connectivity index (χ2v) is 10.7. The van der Waals surface area contributed by atoms with E-state index in [4.69, 9.17) is 4.43 Å². The summed E-state index contributed by atoms with van der Waals surface area (Å²) in [5.41, 5.74) is 1.57. The Bertz CT molecular complexity index is 259. The zero-order valence-electron chi connectivity index (χ0n) is 10.1. The Labute approximate surface area is 128 Å². The van der Waals surface area contributed by atoms with Crippen LogP contribution in [0.25, 0.3) is 0 Å². The predicted molar refractivity (Wildman–Crippen MR) is 59.3 cm³/mol. The number of allylic oxidation sites excluding steroid dienone is 4. The van der Waals surface area contributed by atoms with Gasteiger partial charge in [-0.1, -0.05) is 0 Å². The Morgan fingerprint density at radius 1 is 1.31 bits per heavy atom. The molecule has 0 saturated carbocycles. The molecule has 0 amide bonds. The van der Waals surface area contributed by atoms with E-state index in [1.807, 2.05) is 0 Å². The molecular weight excluding hydrogens is 338 g/mol. The van der Waals surface area contributed by atoms with Crippen LogP contribution in [0.3, 0.4) is 0 Å². The standard InChI is InChI=1S/C11H19OSi.2ClH.Zr/c1-13(2,3)12-10-6-9-11-7-4-5-8-11;;;/h4,7H,5-6,9-10H2,1-3H3;2*1H;/q;;;+2/p-2. The molecule has 0 saturated heterocycles. The van der Waals surface area contributed by atoms with E-state index in [1.165, 1.54) is 19.3 Å². The van der Waals surface area contributed by atoms with Gasteiger partial charge in [0.1, 0.15) is 0 Å². The van der Waals surface area contributed by atoms with Crippen molar-refractivity contribution in [1.82, 2.24) is 0 Å². The third kappa shape index (κ3) is 8.25. The van der Waals surface area contributed by atoms with Gasteiger partial charge in [0.05, 0.1) is 0 Å². The van der Waals surface area contributed by atoms with Crippen LogP contribution in [0.5, 0.6) is 0 Å². The van der Waals surface area contributed by atoms with E-state index in [-0.39, 0.29) is 24.8 Å². The first-order chi connectivity index (χ1) is 6.49. The van der Waals surface area contributed by atoms with Gasteiger partial charge in [0, 0.05) is 0 Å². The van der Waals surface area contributed by atoms with Crippen molar-refractivity contribution in [3.8, 4) is 0 Å². The third-order valence-corrected chi connectivity index (χ3v) is 4.52. The van der Waals surface area contributed by atoms with E-state index < -0.39 is 8.32 Å². The van der Waals surface area contributed by atoms with Crippen molar-refractivity contribution in [3.05, 3.63) is 21.0 Å². The smallest absolute Gasteiger partial charge is 1.00 e. The Balaban J connectivity index is 0. The summed E-state index contributed by atoms with van der Waals surface area (Å²) in [6, 6.07) is 0. The van der Waals surface area contributed by atoms with Crippen molar-refractivity contribution in [1.29, 1.82) is 0 Å². The summed E-state index contributed by atoms with van der Waals surface area (Å²) < 4.78 is 7.45. The molecule has 0 aromatic rings. The molecule has 0 atom stereocenters. The van der Waals surface area contributed by atoms with Crippen molar-refractivity contribution in [2.24, 2.45) is 0 Å². The van der Waals surface area contributed by atoms with E-state index in [1.54, 1.807) is 33.6 Å². The van der Waals surface area contributed by atoms with Crippen molar-refractivity contribution < 1.29 is 54.0 Å². The molecule has 0 heterocycles. The predicted octanol–water partition coefficient (Wildman–Crippen LogP) is -2.61. The van der Waals surface area contributed by atoms with Crippen LogP contribution in [0.4, 0.5) is 0 Å². The van der Waals surface area contributed by atoms with Gasteiger partial charge in [-0.05, 0) is 0 Å². The van der Waals surface area contributed by atoms with Crippen molar-refractivity contribution in [3.63, 3.8) is 0 Å². The first-order valence-corrected chi connectivity index (χ1v) is 9.87. The van der Waals surface area contributed by atoms with Gasteiger partial charge in [0.25, 0.3) is 0 Å². The normalized spacial score (nSPS) is 14.8. The Hall–Kier alpha value is 1.12. The topological polar surface area (TPSA) is 9.23 Å². The van der Waals surface area contributed by atoms with Crippen LogP contribution < -0.4 is 24.8 Å². The fourth-order valence-corrected chi connectivity index (χ4v) is 2.98. The Kier molecular flexibility index (Phi) is 11.1.